The van der Waals surface area contributed by atoms with Gasteiger partial charge in [0.2, 0.25) is 5.92 Å². The zero-order valence-electron chi connectivity index (χ0n) is 9.24. The molecule has 1 saturated carbocycles. The highest BCUT2D eigenvalue weighted by Gasteiger charge is 2.57. The summed E-state index contributed by atoms with van der Waals surface area (Å²) in [5, 5.41) is 0. The van der Waals surface area contributed by atoms with Crippen LogP contribution in [0.1, 0.15) is 18.5 Å². The maximum atomic E-state index is 13.1. The Morgan fingerprint density at radius 3 is 2.76 bits per heavy atom. The van der Waals surface area contributed by atoms with Gasteiger partial charge in [0.1, 0.15) is 5.65 Å². The molecule has 3 rings (SSSR count). The Morgan fingerprint density at radius 2 is 2.12 bits per heavy atom. The van der Waals surface area contributed by atoms with E-state index in [9.17, 15) is 8.78 Å². The second-order valence-corrected chi connectivity index (χ2v) is 4.77. The minimum absolute atomic E-state index is 0.181. The average Bonchev–Trinajstić information content (AvgIpc) is 2.69. The van der Waals surface area contributed by atoms with Crippen molar-refractivity contribution in [2.24, 2.45) is 5.73 Å². The number of fused-ring (bicyclic) bond motifs is 1. The Labute approximate surface area is 97.3 Å². The largest absolute Gasteiger partial charge is 0.330 e. The van der Waals surface area contributed by atoms with E-state index in [1.807, 2.05) is 28.8 Å². The van der Waals surface area contributed by atoms with Crippen molar-refractivity contribution in [2.45, 2.75) is 24.2 Å². The highest BCUT2D eigenvalue weighted by molar-refractivity contribution is 5.43. The molecule has 2 heterocycles. The molecule has 5 heteroatoms. The van der Waals surface area contributed by atoms with Crippen LogP contribution >= 0.6 is 0 Å². The molecule has 0 amide bonds. The molecule has 0 radical (unpaired) electrons. The molecule has 2 aromatic rings. The first-order valence-corrected chi connectivity index (χ1v) is 5.57. The minimum atomic E-state index is -2.59. The van der Waals surface area contributed by atoms with E-state index >= 15 is 0 Å². The lowest BCUT2D eigenvalue weighted by Crippen LogP contribution is -2.54. The smallest absolute Gasteiger partial charge is 0.250 e. The van der Waals surface area contributed by atoms with Gasteiger partial charge in [-0.2, -0.15) is 0 Å². The van der Waals surface area contributed by atoms with Gasteiger partial charge in [-0.3, -0.25) is 0 Å². The normalized spacial score (nSPS) is 21.4. The third kappa shape index (κ3) is 1.45. The van der Waals surface area contributed by atoms with Gasteiger partial charge in [-0.1, -0.05) is 6.07 Å². The van der Waals surface area contributed by atoms with Crippen LogP contribution in [0, 0.1) is 0 Å². The summed E-state index contributed by atoms with van der Waals surface area (Å²) in [6, 6.07) is 5.58. The topological polar surface area (TPSA) is 43.3 Å². The van der Waals surface area contributed by atoms with Gasteiger partial charge < -0.3 is 10.1 Å². The van der Waals surface area contributed by atoms with E-state index in [1.165, 1.54) is 0 Å². The molecule has 17 heavy (non-hydrogen) atoms. The summed E-state index contributed by atoms with van der Waals surface area (Å²) in [5.41, 5.74) is 6.64. The summed E-state index contributed by atoms with van der Waals surface area (Å²) in [7, 11) is 0. The standard InChI is InChI=1S/C12H13F2N3/c13-12(14)6-11(7-12,8-15)9-5-16-10-3-1-2-4-17(9)10/h1-5H,6-8,15H2. The zero-order valence-corrected chi connectivity index (χ0v) is 9.24. The van der Waals surface area contributed by atoms with Gasteiger partial charge in [0, 0.05) is 37.2 Å². The van der Waals surface area contributed by atoms with Crippen LogP contribution in [0.4, 0.5) is 8.78 Å². The Bertz CT molecular complexity index is 554. The SMILES string of the molecule is NCC1(c2cnc3ccccn23)CC(F)(F)C1. The molecular formula is C12H13F2N3. The number of halogens is 2. The quantitative estimate of drug-likeness (QED) is 0.867. The Kier molecular flexibility index (Phi) is 2.04. The van der Waals surface area contributed by atoms with Crippen LogP contribution in [0.3, 0.4) is 0 Å². The van der Waals surface area contributed by atoms with Crippen molar-refractivity contribution in [3.05, 3.63) is 36.3 Å². The maximum Gasteiger partial charge on any atom is 0.250 e. The molecule has 2 aromatic heterocycles. The van der Waals surface area contributed by atoms with Crippen LogP contribution in [-0.4, -0.2) is 21.9 Å². The van der Waals surface area contributed by atoms with Gasteiger partial charge in [-0.15, -0.1) is 0 Å². The highest BCUT2D eigenvalue weighted by atomic mass is 19.3. The van der Waals surface area contributed by atoms with Crippen LogP contribution in [0.5, 0.6) is 0 Å². The Hall–Kier alpha value is -1.49. The number of nitrogens with zero attached hydrogens (tertiary/aromatic N) is 2. The zero-order chi connectivity index (χ0) is 12.1. The third-order valence-corrected chi connectivity index (χ3v) is 3.55. The van der Waals surface area contributed by atoms with Gasteiger partial charge in [-0.25, -0.2) is 13.8 Å². The van der Waals surface area contributed by atoms with E-state index < -0.39 is 11.3 Å². The molecule has 1 aliphatic rings. The molecule has 0 aromatic carbocycles. The number of aromatic nitrogens is 2. The molecule has 90 valence electrons. The number of nitrogens with two attached hydrogens (primary N) is 1. The second kappa shape index (κ2) is 3.26. The molecule has 0 bridgehead atoms. The number of hydrogen-bond acceptors (Lipinski definition) is 2. The minimum Gasteiger partial charge on any atom is -0.330 e. The van der Waals surface area contributed by atoms with Crippen LogP contribution < -0.4 is 5.73 Å². The summed E-state index contributed by atoms with van der Waals surface area (Å²) in [5.74, 6) is -2.59. The predicted molar refractivity (Wildman–Crippen MR) is 60.1 cm³/mol. The fourth-order valence-corrected chi connectivity index (χ4v) is 2.69. The van der Waals surface area contributed by atoms with Crippen molar-refractivity contribution < 1.29 is 8.78 Å². The lowest BCUT2D eigenvalue weighted by molar-refractivity contribution is -0.125. The third-order valence-electron chi connectivity index (χ3n) is 3.55. The molecule has 1 fully saturated rings. The lowest BCUT2D eigenvalue weighted by Gasteiger charge is -2.46. The fourth-order valence-electron chi connectivity index (χ4n) is 2.69. The predicted octanol–water partition coefficient (Wildman–Crippen LogP) is 1.96. The molecule has 0 spiro atoms. The van der Waals surface area contributed by atoms with E-state index in [1.54, 1.807) is 6.20 Å². The molecule has 3 nitrogen and oxygen atoms in total. The number of pyridine rings is 1. The number of imidazole rings is 1. The number of alkyl halides is 2. The van der Waals surface area contributed by atoms with Crippen LogP contribution in [0.2, 0.25) is 0 Å². The van der Waals surface area contributed by atoms with Crippen molar-refractivity contribution >= 4 is 5.65 Å². The Morgan fingerprint density at radius 1 is 1.35 bits per heavy atom. The molecule has 0 unspecified atom stereocenters. The van der Waals surface area contributed by atoms with Gasteiger partial charge in [0.25, 0.3) is 0 Å². The van der Waals surface area contributed by atoms with E-state index in [2.05, 4.69) is 4.98 Å². The van der Waals surface area contributed by atoms with E-state index in [0.717, 1.165) is 11.3 Å². The first-order chi connectivity index (χ1) is 8.06. The molecule has 2 N–H and O–H groups in total. The molecule has 0 aliphatic heterocycles. The summed E-state index contributed by atoms with van der Waals surface area (Å²) in [6.07, 6.45) is 3.14. The average molecular weight is 237 g/mol. The number of hydrogen-bond donors (Lipinski definition) is 1. The van der Waals surface area contributed by atoms with E-state index in [0.29, 0.717) is 0 Å². The summed E-state index contributed by atoms with van der Waals surface area (Å²) < 4.78 is 28.1. The first kappa shape index (κ1) is 10.7. The van der Waals surface area contributed by atoms with Crippen molar-refractivity contribution in [2.75, 3.05) is 6.54 Å². The fraction of sp³-hybridized carbons (Fsp3) is 0.417. The second-order valence-electron chi connectivity index (χ2n) is 4.77. The van der Waals surface area contributed by atoms with Gasteiger partial charge in [-0.05, 0) is 12.1 Å². The molecule has 0 atom stereocenters. The van der Waals surface area contributed by atoms with E-state index in [4.69, 9.17) is 5.73 Å². The monoisotopic (exact) mass is 237 g/mol. The molecule has 0 saturated heterocycles. The lowest BCUT2D eigenvalue weighted by atomic mass is 9.64. The highest BCUT2D eigenvalue weighted by Crippen LogP contribution is 2.52. The number of rotatable bonds is 2. The molecule has 1 aliphatic carbocycles. The van der Waals surface area contributed by atoms with Gasteiger partial charge in [0.15, 0.2) is 0 Å². The summed E-state index contributed by atoms with van der Waals surface area (Å²) >= 11 is 0. The van der Waals surface area contributed by atoms with Gasteiger partial charge >= 0.3 is 0 Å². The first-order valence-electron chi connectivity index (χ1n) is 5.57. The maximum absolute atomic E-state index is 13.1. The van der Waals surface area contributed by atoms with Crippen LogP contribution in [-0.2, 0) is 5.41 Å². The van der Waals surface area contributed by atoms with Crippen molar-refractivity contribution in [3.63, 3.8) is 0 Å². The summed E-state index contributed by atoms with van der Waals surface area (Å²) in [4.78, 5) is 4.22. The Balaban J connectivity index is 2.09. The summed E-state index contributed by atoms with van der Waals surface area (Å²) in [6.45, 7) is 0.227. The van der Waals surface area contributed by atoms with Crippen LogP contribution in [0.15, 0.2) is 30.6 Å². The van der Waals surface area contributed by atoms with Crippen molar-refractivity contribution in [1.29, 1.82) is 0 Å². The molecular weight excluding hydrogens is 224 g/mol. The van der Waals surface area contributed by atoms with Crippen molar-refractivity contribution in [3.8, 4) is 0 Å². The van der Waals surface area contributed by atoms with E-state index in [-0.39, 0.29) is 19.4 Å². The van der Waals surface area contributed by atoms with Crippen molar-refractivity contribution in [1.82, 2.24) is 9.38 Å². The van der Waals surface area contributed by atoms with Crippen LogP contribution in [0.25, 0.3) is 5.65 Å². The van der Waals surface area contributed by atoms with Gasteiger partial charge in [0.05, 0.1) is 5.69 Å².